The Labute approximate surface area is 66.4 Å². The van der Waals surface area contributed by atoms with E-state index < -0.39 is 5.97 Å². The average Bonchev–Trinajstić information content (AvgIpc) is 1.85. The van der Waals surface area contributed by atoms with Crippen LogP contribution in [0.3, 0.4) is 0 Å². The summed E-state index contributed by atoms with van der Waals surface area (Å²) in [5, 5.41) is 8.38. The van der Waals surface area contributed by atoms with Crippen molar-refractivity contribution in [3.63, 3.8) is 0 Å². The summed E-state index contributed by atoms with van der Waals surface area (Å²) in [6.45, 7) is 3.64. The van der Waals surface area contributed by atoms with Gasteiger partial charge in [0.25, 0.3) is 0 Å². The predicted octanol–water partition coefficient (Wildman–Crippen LogP) is 1.32. The maximum absolute atomic E-state index is 10.2. The first kappa shape index (κ1) is 10.1. The Bertz CT molecular complexity index is 142. The van der Waals surface area contributed by atoms with Gasteiger partial charge in [0, 0.05) is 12.3 Å². The van der Waals surface area contributed by atoms with Crippen molar-refractivity contribution in [1.29, 1.82) is 0 Å². The Kier molecular flexibility index (Phi) is 4.50. The molecule has 0 aromatic heterocycles. The van der Waals surface area contributed by atoms with E-state index >= 15 is 0 Å². The van der Waals surface area contributed by atoms with E-state index in [1.54, 1.807) is 6.92 Å². The molecule has 0 bridgehead atoms. The third kappa shape index (κ3) is 5.58. The molecule has 0 amide bonds. The lowest BCUT2D eigenvalue weighted by atomic mass is 9.96. The summed E-state index contributed by atoms with van der Waals surface area (Å²) in [6, 6.07) is 0. The molecule has 64 valence electrons. The van der Waals surface area contributed by atoms with Gasteiger partial charge < -0.3 is 9.90 Å². The number of aldehydes is 1. The van der Waals surface area contributed by atoms with Crippen LogP contribution < -0.4 is 0 Å². The molecular weight excluding hydrogens is 144 g/mol. The minimum atomic E-state index is -0.796. The Hall–Kier alpha value is -0.860. The van der Waals surface area contributed by atoms with Crippen molar-refractivity contribution in [3.05, 3.63) is 0 Å². The Balaban J connectivity index is 3.59. The normalized spacial score (nSPS) is 15.5. The quantitative estimate of drug-likeness (QED) is 0.614. The summed E-state index contributed by atoms with van der Waals surface area (Å²) >= 11 is 0. The van der Waals surface area contributed by atoms with E-state index in [0.29, 0.717) is 6.42 Å². The molecule has 0 aromatic carbocycles. The zero-order valence-electron chi connectivity index (χ0n) is 6.91. The van der Waals surface area contributed by atoms with Gasteiger partial charge in [0.05, 0.1) is 0 Å². The zero-order chi connectivity index (χ0) is 8.85. The van der Waals surface area contributed by atoms with Crippen LogP contribution in [0.2, 0.25) is 0 Å². The Morgan fingerprint density at radius 3 is 2.45 bits per heavy atom. The van der Waals surface area contributed by atoms with Crippen LogP contribution in [0.4, 0.5) is 0 Å². The molecule has 0 aliphatic heterocycles. The molecule has 0 saturated carbocycles. The molecule has 0 unspecified atom stereocenters. The van der Waals surface area contributed by atoms with Gasteiger partial charge in [-0.05, 0) is 12.3 Å². The fourth-order valence-corrected chi connectivity index (χ4v) is 1.07. The highest BCUT2D eigenvalue weighted by Gasteiger charge is 2.10. The second kappa shape index (κ2) is 4.88. The molecule has 0 aromatic rings. The average molecular weight is 158 g/mol. The van der Waals surface area contributed by atoms with E-state index in [-0.39, 0.29) is 18.3 Å². The van der Waals surface area contributed by atoms with Gasteiger partial charge in [0.2, 0.25) is 0 Å². The highest BCUT2D eigenvalue weighted by Crippen LogP contribution is 2.12. The largest absolute Gasteiger partial charge is 0.481 e. The lowest BCUT2D eigenvalue weighted by molar-refractivity contribution is -0.138. The highest BCUT2D eigenvalue weighted by molar-refractivity contribution is 5.67. The fourth-order valence-electron chi connectivity index (χ4n) is 1.07. The summed E-state index contributed by atoms with van der Waals surface area (Å²) < 4.78 is 0. The molecule has 0 saturated heterocycles. The number of aliphatic carboxylic acids is 1. The summed E-state index contributed by atoms with van der Waals surface area (Å²) in [4.78, 5) is 20.4. The van der Waals surface area contributed by atoms with Gasteiger partial charge in [-0.2, -0.15) is 0 Å². The molecule has 0 spiro atoms. The summed E-state index contributed by atoms with van der Waals surface area (Å²) in [5.74, 6) is -0.729. The van der Waals surface area contributed by atoms with Gasteiger partial charge >= 0.3 is 5.97 Å². The van der Waals surface area contributed by atoms with Crippen molar-refractivity contribution < 1.29 is 14.7 Å². The first-order valence-electron chi connectivity index (χ1n) is 3.73. The summed E-state index contributed by atoms with van der Waals surface area (Å²) in [5.41, 5.74) is 0. The van der Waals surface area contributed by atoms with Crippen LogP contribution in [0.15, 0.2) is 0 Å². The van der Waals surface area contributed by atoms with Crippen LogP contribution in [-0.4, -0.2) is 17.4 Å². The van der Waals surface area contributed by atoms with Crippen LogP contribution in [-0.2, 0) is 9.59 Å². The van der Waals surface area contributed by atoms with Crippen LogP contribution >= 0.6 is 0 Å². The van der Waals surface area contributed by atoms with Crippen molar-refractivity contribution in [1.82, 2.24) is 0 Å². The molecule has 0 rings (SSSR count). The van der Waals surface area contributed by atoms with E-state index in [0.717, 1.165) is 6.29 Å². The number of carboxylic acid groups (broad SMARTS) is 1. The standard InChI is InChI=1S/C8H14O3/c1-6(4-8(10)11)3-7(2)5-9/h5-7H,3-4H2,1-2H3,(H,10,11)/t6-,7+/m1/s1. The molecule has 11 heavy (non-hydrogen) atoms. The van der Waals surface area contributed by atoms with Crippen LogP contribution in [0, 0.1) is 11.8 Å². The van der Waals surface area contributed by atoms with Crippen molar-refractivity contribution >= 4 is 12.3 Å². The molecule has 0 aliphatic carbocycles. The molecular formula is C8H14O3. The first-order valence-corrected chi connectivity index (χ1v) is 3.73. The molecule has 0 heterocycles. The van der Waals surface area contributed by atoms with Crippen LogP contribution in [0.5, 0.6) is 0 Å². The number of hydrogen-bond acceptors (Lipinski definition) is 2. The van der Waals surface area contributed by atoms with Gasteiger partial charge in [-0.15, -0.1) is 0 Å². The van der Waals surface area contributed by atoms with Crippen molar-refractivity contribution in [2.75, 3.05) is 0 Å². The van der Waals surface area contributed by atoms with Gasteiger partial charge in [0.15, 0.2) is 0 Å². The van der Waals surface area contributed by atoms with E-state index in [1.165, 1.54) is 0 Å². The fraction of sp³-hybridized carbons (Fsp3) is 0.750. The lowest BCUT2D eigenvalue weighted by Gasteiger charge is -2.09. The number of rotatable bonds is 5. The van der Waals surface area contributed by atoms with Crippen molar-refractivity contribution in [2.24, 2.45) is 11.8 Å². The maximum Gasteiger partial charge on any atom is 0.303 e. The van der Waals surface area contributed by atoms with E-state index in [4.69, 9.17) is 5.11 Å². The molecule has 0 radical (unpaired) electrons. The number of carboxylic acids is 1. The van der Waals surface area contributed by atoms with E-state index in [9.17, 15) is 9.59 Å². The highest BCUT2D eigenvalue weighted by atomic mass is 16.4. The first-order chi connectivity index (χ1) is 5.06. The van der Waals surface area contributed by atoms with E-state index in [2.05, 4.69) is 0 Å². The maximum atomic E-state index is 10.2. The van der Waals surface area contributed by atoms with E-state index in [1.807, 2.05) is 6.92 Å². The smallest absolute Gasteiger partial charge is 0.303 e. The molecule has 3 nitrogen and oxygen atoms in total. The van der Waals surface area contributed by atoms with Gasteiger partial charge in [-0.25, -0.2) is 0 Å². The predicted molar refractivity (Wildman–Crippen MR) is 41.3 cm³/mol. The van der Waals surface area contributed by atoms with Crippen LogP contribution in [0.25, 0.3) is 0 Å². The second-order valence-electron chi connectivity index (χ2n) is 3.05. The van der Waals surface area contributed by atoms with Crippen molar-refractivity contribution in [3.8, 4) is 0 Å². The summed E-state index contributed by atoms with van der Waals surface area (Å²) in [7, 11) is 0. The molecule has 0 aliphatic rings. The monoisotopic (exact) mass is 158 g/mol. The van der Waals surface area contributed by atoms with Gasteiger partial charge in [-0.1, -0.05) is 13.8 Å². The lowest BCUT2D eigenvalue weighted by Crippen LogP contribution is -2.08. The SMILES string of the molecule is C[C@@H](CC(=O)O)C[C@H](C)C=O. The third-order valence-electron chi connectivity index (χ3n) is 1.53. The van der Waals surface area contributed by atoms with Crippen LogP contribution in [0.1, 0.15) is 26.7 Å². The number of hydrogen-bond donors (Lipinski definition) is 1. The summed E-state index contributed by atoms with van der Waals surface area (Å²) in [6.07, 6.45) is 1.67. The molecule has 3 heteroatoms. The molecule has 2 atom stereocenters. The molecule has 0 fully saturated rings. The minimum Gasteiger partial charge on any atom is -0.481 e. The Morgan fingerprint density at radius 1 is 1.55 bits per heavy atom. The topological polar surface area (TPSA) is 54.4 Å². The number of carbonyl (C=O) groups is 2. The van der Waals surface area contributed by atoms with Crippen molar-refractivity contribution in [2.45, 2.75) is 26.7 Å². The van der Waals surface area contributed by atoms with Gasteiger partial charge in [-0.3, -0.25) is 4.79 Å². The zero-order valence-corrected chi connectivity index (χ0v) is 6.91. The minimum absolute atomic E-state index is 0.0238. The third-order valence-corrected chi connectivity index (χ3v) is 1.53. The molecule has 1 N–H and O–H groups in total. The Morgan fingerprint density at radius 2 is 2.09 bits per heavy atom. The number of carbonyl (C=O) groups excluding carboxylic acids is 1. The second-order valence-corrected chi connectivity index (χ2v) is 3.05. The van der Waals surface area contributed by atoms with Gasteiger partial charge in [0.1, 0.15) is 6.29 Å².